The first-order valence-electron chi connectivity index (χ1n) is 13.0. The van der Waals surface area contributed by atoms with Crippen molar-refractivity contribution in [2.45, 2.75) is 64.1 Å². The molecule has 5 unspecified atom stereocenters. The van der Waals surface area contributed by atoms with Crippen molar-refractivity contribution in [1.29, 1.82) is 0 Å². The second-order valence-corrected chi connectivity index (χ2v) is 11.1. The molecule has 0 spiro atoms. The summed E-state index contributed by atoms with van der Waals surface area (Å²) in [5.41, 5.74) is 11.0. The number of nitrogens with two attached hydrogens (primary N) is 1. The van der Waals surface area contributed by atoms with Gasteiger partial charge in [-0.25, -0.2) is 0 Å². The molecule has 0 radical (unpaired) electrons. The van der Waals surface area contributed by atoms with E-state index < -0.39 is 5.60 Å². The van der Waals surface area contributed by atoms with Crippen LogP contribution in [0.1, 0.15) is 57.9 Å². The lowest BCUT2D eigenvalue weighted by Gasteiger charge is -2.51. The van der Waals surface area contributed by atoms with Crippen molar-refractivity contribution in [3.63, 3.8) is 0 Å². The van der Waals surface area contributed by atoms with E-state index in [1.165, 1.54) is 11.1 Å². The summed E-state index contributed by atoms with van der Waals surface area (Å²) in [6.45, 7) is 4.60. The van der Waals surface area contributed by atoms with Gasteiger partial charge in [-0.15, -0.1) is 0 Å². The summed E-state index contributed by atoms with van der Waals surface area (Å²) >= 11 is 0. The first-order valence-corrected chi connectivity index (χ1v) is 13.0. The van der Waals surface area contributed by atoms with Crippen molar-refractivity contribution in [1.82, 2.24) is 10.3 Å². The normalized spacial score (nSPS) is 36.0. The molecule has 4 aliphatic carbocycles. The number of aromatic nitrogens is 1. The number of rotatable bonds is 1. The number of benzene rings is 1. The highest BCUT2D eigenvalue weighted by Gasteiger charge is 2.58. The van der Waals surface area contributed by atoms with E-state index in [1.807, 2.05) is 20.2 Å². The Morgan fingerprint density at radius 1 is 1.20 bits per heavy atom. The van der Waals surface area contributed by atoms with Crippen molar-refractivity contribution in [3.8, 4) is 0 Å². The summed E-state index contributed by atoms with van der Waals surface area (Å²) in [5.74, 6) is 0.890. The van der Waals surface area contributed by atoms with Crippen LogP contribution in [0.4, 0.5) is 6.01 Å². The third kappa shape index (κ3) is 3.87. The zero-order chi connectivity index (χ0) is 25.0. The van der Waals surface area contributed by atoms with Gasteiger partial charge in [0.05, 0.1) is 11.7 Å². The lowest BCUT2D eigenvalue weighted by atomic mass is 9.54. The van der Waals surface area contributed by atoms with Crippen molar-refractivity contribution in [2.75, 3.05) is 19.8 Å². The second-order valence-electron chi connectivity index (χ2n) is 11.1. The Balaban J connectivity index is 0.000000806. The lowest BCUT2D eigenvalue weighted by molar-refractivity contribution is -0.0455. The first-order chi connectivity index (χ1) is 16.7. The Morgan fingerprint density at radius 2 is 1.97 bits per heavy atom. The van der Waals surface area contributed by atoms with Crippen LogP contribution in [0.3, 0.4) is 0 Å². The minimum absolute atomic E-state index is 0.125. The van der Waals surface area contributed by atoms with Gasteiger partial charge in [0.1, 0.15) is 5.52 Å². The Morgan fingerprint density at radius 3 is 2.74 bits per heavy atom. The fourth-order valence-electron chi connectivity index (χ4n) is 7.18. The molecule has 188 valence electrons. The second kappa shape index (κ2) is 8.91. The average molecular weight is 478 g/mol. The van der Waals surface area contributed by atoms with Crippen LogP contribution >= 0.6 is 0 Å². The summed E-state index contributed by atoms with van der Waals surface area (Å²) in [7, 11) is 3.75. The summed E-state index contributed by atoms with van der Waals surface area (Å²) < 4.78 is 5.47. The van der Waals surface area contributed by atoms with Crippen molar-refractivity contribution < 1.29 is 14.6 Å². The predicted octanol–water partition coefficient (Wildman–Crippen LogP) is 4.84. The smallest absolute Gasteiger partial charge is 0.292 e. The molecule has 0 aliphatic heterocycles. The minimum Gasteiger partial charge on any atom is -0.424 e. The molecular formula is C29H39N3O3. The largest absolute Gasteiger partial charge is 0.424 e. The molecule has 6 rings (SSSR count). The van der Waals surface area contributed by atoms with Crippen LogP contribution in [0.15, 0.2) is 52.0 Å². The summed E-state index contributed by atoms with van der Waals surface area (Å²) in [6, 6.07) is 6.29. The van der Waals surface area contributed by atoms with E-state index >= 15 is 0 Å². The average Bonchev–Trinajstić information content (AvgIpc) is 3.33. The molecule has 35 heavy (non-hydrogen) atoms. The zero-order valence-corrected chi connectivity index (χ0v) is 21.3. The van der Waals surface area contributed by atoms with E-state index in [9.17, 15) is 10.2 Å². The zero-order valence-electron chi connectivity index (χ0n) is 21.3. The van der Waals surface area contributed by atoms with Gasteiger partial charge in [0.25, 0.3) is 6.01 Å². The number of nitrogens with zero attached hydrogens (tertiary/aromatic N) is 1. The molecule has 0 amide bonds. The summed E-state index contributed by atoms with van der Waals surface area (Å²) in [4.78, 5) is 4.32. The predicted molar refractivity (Wildman–Crippen MR) is 140 cm³/mol. The van der Waals surface area contributed by atoms with E-state index in [4.69, 9.17) is 10.2 Å². The maximum atomic E-state index is 12.2. The molecule has 6 nitrogen and oxygen atoms in total. The van der Waals surface area contributed by atoms with Gasteiger partial charge >= 0.3 is 0 Å². The Labute approximate surface area is 208 Å². The maximum Gasteiger partial charge on any atom is 0.292 e. The maximum absolute atomic E-state index is 12.2. The molecule has 6 heteroatoms. The molecule has 1 heterocycles. The number of fused-ring (bicyclic) bond motifs is 5. The first kappa shape index (κ1) is 24.3. The van der Waals surface area contributed by atoms with Gasteiger partial charge < -0.3 is 25.7 Å². The Bertz CT molecular complexity index is 1210. The number of aliphatic hydroxyl groups excluding tert-OH is 1. The van der Waals surface area contributed by atoms with Gasteiger partial charge in [-0.3, -0.25) is 0 Å². The molecule has 0 saturated heterocycles. The molecule has 1 aromatic carbocycles. The summed E-state index contributed by atoms with van der Waals surface area (Å²) in [5, 5.41) is 25.2. The molecule has 1 aromatic heterocycles. The molecule has 1 fully saturated rings. The van der Waals surface area contributed by atoms with E-state index in [0.29, 0.717) is 11.5 Å². The quantitative estimate of drug-likeness (QED) is 0.468. The molecule has 0 bridgehead atoms. The standard InChI is InChI=1S/C27H32N2O3.C2H7N/c1-15-11-19-12-18-13-20(30)5-3-16(18)9-10-27(19,31)24-8-6-21(26(15,24)2)17-4-7-23-22(14-17)29-25(28)32-23;1-3-2/h4,6-7,11-12,14-16,20,24,30-31H,3,5,8-10,13H2,1-2H3,(H2,28,29);3H,1-2H3/t15?,16?,20?,24?,26?,27-;/m1./s1. The Kier molecular flexibility index (Phi) is 6.19. The molecule has 5 N–H and O–H groups in total. The van der Waals surface area contributed by atoms with Crippen molar-refractivity contribution >= 4 is 22.7 Å². The molecular weight excluding hydrogens is 438 g/mol. The highest BCUT2D eigenvalue weighted by atomic mass is 16.4. The van der Waals surface area contributed by atoms with Crippen LogP contribution in [-0.4, -0.2) is 41.0 Å². The van der Waals surface area contributed by atoms with Crippen LogP contribution in [-0.2, 0) is 0 Å². The van der Waals surface area contributed by atoms with E-state index in [0.717, 1.165) is 55.2 Å². The van der Waals surface area contributed by atoms with E-state index in [2.05, 4.69) is 54.5 Å². The van der Waals surface area contributed by atoms with Crippen LogP contribution in [0.5, 0.6) is 0 Å². The third-order valence-corrected chi connectivity index (χ3v) is 9.09. The van der Waals surface area contributed by atoms with Crippen LogP contribution in [0, 0.1) is 23.2 Å². The van der Waals surface area contributed by atoms with E-state index in [1.54, 1.807) is 0 Å². The number of nitrogen functional groups attached to an aromatic ring is 1. The highest BCUT2D eigenvalue weighted by Crippen LogP contribution is 2.63. The molecule has 2 aromatic rings. The van der Waals surface area contributed by atoms with Gasteiger partial charge in [-0.2, -0.15) is 4.98 Å². The number of aliphatic hydroxyl groups is 2. The Hall–Kier alpha value is -2.41. The van der Waals surface area contributed by atoms with Crippen LogP contribution in [0.2, 0.25) is 0 Å². The third-order valence-electron chi connectivity index (χ3n) is 9.09. The van der Waals surface area contributed by atoms with Crippen molar-refractivity contribution in [3.05, 3.63) is 53.1 Å². The van der Waals surface area contributed by atoms with E-state index in [-0.39, 0.29) is 29.4 Å². The molecule has 1 saturated carbocycles. The van der Waals surface area contributed by atoms with Crippen LogP contribution < -0.4 is 11.1 Å². The van der Waals surface area contributed by atoms with Gasteiger partial charge in [0.15, 0.2) is 5.58 Å². The number of anilines is 1. The number of allylic oxidation sites excluding steroid dienone is 3. The SMILES string of the molecule is CC1C=C2C=C3CC(O)CCC3CC[C@]2(O)C2CC=C(c3ccc4oc(N)nc4c3)C12C.CNC. The lowest BCUT2D eigenvalue weighted by Crippen LogP contribution is -2.51. The number of oxazole rings is 1. The van der Waals surface area contributed by atoms with Crippen LogP contribution in [0.25, 0.3) is 16.7 Å². The van der Waals surface area contributed by atoms with Gasteiger partial charge in [-0.1, -0.05) is 43.7 Å². The fraction of sp³-hybridized carbons (Fsp3) is 0.552. The van der Waals surface area contributed by atoms with Gasteiger partial charge in [-0.05, 0) is 93.3 Å². The highest BCUT2D eigenvalue weighted by molar-refractivity contribution is 5.83. The van der Waals surface area contributed by atoms with Gasteiger partial charge in [0, 0.05) is 11.3 Å². The summed E-state index contributed by atoms with van der Waals surface area (Å²) in [6.07, 6.45) is 11.9. The fourth-order valence-corrected chi connectivity index (χ4v) is 7.18. The van der Waals surface area contributed by atoms with Crippen molar-refractivity contribution in [2.24, 2.45) is 23.2 Å². The number of nitrogens with one attached hydrogen (secondary N) is 1. The number of hydrogen-bond acceptors (Lipinski definition) is 6. The number of hydrogen-bond donors (Lipinski definition) is 4. The molecule has 6 atom stereocenters. The topological polar surface area (TPSA) is 105 Å². The molecule has 4 aliphatic rings. The van der Waals surface area contributed by atoms with Gasteiger partial charge in [0.2, 0.25) is 0 Å². The minimum atomic E-state index is -0.836. The monoisotopic (exact) mass is 477 g/mol.